The summed E-state index contributed by atoms with van der Waals surface area (Å²) in [5, 5.41) is 20.2. The maximum atomic E-state index is 10.5. The topological polar surface area (TPSA) is 44.0 Å². The molecule has 1 aromatic rings. The maximum absolute atomic E-state index is 10.5. The van der Waals surface area contributed by atoms with Crippen molar-refractivity contribution in [1.29, 1.82) is 5.26 Å². The lowest BCUT2D eigenvalue weighted by Crippen LogP contribution is -2.34. The molecule has 0 radical (unpaired) electrons. The Bertz CT molecular complexity index is 490. The SMILES string of the molecule is C#C[C@@](O)(c1ccc(Cl)cc1)C1(C#N)CC1. The quantitative estimate of drug-likeness (QED) is 0.795. The number of nitriles is 1. The number of hydrogen-bond donors (Lipinski definition) is 1. The molecule has 0 amide bonds. The Balaban J connectivity index is 2.48. The van der Waals surface area contributed by atoms with E-state index in [9.17, 15) is 5.11 Å². The van der Waals surface area contributed by atoms with E-state index >= 15 is 0 Å². The molecule has 1 N–H and O–H groups in total. The molecule has 0 aromatic heterocycles. The summed E-state index contributed by atoms with van der Waals surface area (Å²) in [5.74, 6) is 2.36. The van der Waals surface area contributed by atoms with Crippen LogP contribution < -0.4 is 0 Å². The van der Waals surface area contributed by atoms with Crippen molar-refractivity contribution in [3.05, 3.63) is 34.9 Å². The van der Waals surface area contributed by atoms with E-state index in [0.717, 1.165) is 0 Å². The van der Waals surface area contributed by atoms with Gasteiger partial charge >= 0.3 is 0 Å². The Hall–Kier alpha value is -1.48. The lowest BCUT2D eigenvalue weighted by Gasteiger charge is -2.27. The summed E-state index contributed by atoms with van der Waals surface area (Å²) in [7, 11) is 0. The minimum Gasteiger partial charge on any atom is -0.372 e. The minimum atomic E-state index is -1.51. The Morgan fingerprint density at radius 1 is 1.38 bits per heavy atom. The van der Waals surface area contributed by atoms with Crippen LogP contribution in [-0.4, -0.2) is 5.11 Å². The van der Waals surface area contributed by atoms with E-state index in [-0.39, 0.29) is 0 Å². The van der Waals surface area contributed by atoms with Crippen LogP contribution >= 0.6 is 11.6 Å². The summed E-state index contributed by atoms with van der Waals surface area (Å²) in [5.41, 5.74) is -1.78. The molecule has 2 nitrogen and oxygen atoms in total. The van der Waals surface area contributed by atoms with Crippen molar-refractivity contribution < 1.29 is 5.11 Å². The number of halogens is 1. The van der Waals surface area contributed by atoms with Crippen molar-refractivity contribution in [1.82, 2.24) is 0 Å². The molecule has 0 heterocycles. The normalized spacial score (nSPS) is 20.2. The van der Waals surface area contributed by atoms with Crippen LogP contribution in [0.5, 0.6) is 0 Å². The molecule has 1 aliphatic rings. The molecule has 0 aliphatic heterocycles. The van der Waals surface area contributed by atoms with E-state index in [1.54, 1.807) is 24.3 Å². The van der Waals surface area contributed by atoms with E-state index < -0.39 is 11.0 Å². The van der Waals surface area contributed by atoms with Crippen molar-refractivity contribution >= 4 is 11.6 Å². The third kappa shape index (κ3) is 1.39. The lowest BCUT2D eigenvalue weighted by molar-refractivity contribution is 0.0458. The van der Waals surface area contributed by atoms with E-state index in [1.165, 1.54) is 0 Å². The first-order valence-corrected chi connectivity index (χ1v) is 5.33. The van der Waals surface area contributed by atoms with Crippen LogP contribution in [0, 0.1) is 29.1 Å². The maximum Gasteiger partial charge on any atom is 0.169 e. The largest absolute Gasteiger partial charge is 0.372 e. The van der Waals surface area contributed by atoms with Crippen molar-refractivity contribution in [2.45, 2.75) is 18.4 Å². The van der Waals surface area contributed by atoms with Crippen LogP contribution in [0.3, 0.4) is 0 Å². The van der Waals surface area contributed by atoms with Gasteiger partial charge in [0.15, 0.2) is 5.60 Å². The number of hydrogen-bond acceptors (Lipinski definition) is 2. The highest BCUT2D eigenvalue weighted by Gasteiger charge is 2.60. The van der Waals surface area contributed by atoms with Crippen molar-refractivity contribution in [2.24, 2.45) is 5.41 Å². The summed E-state index contributed by atoms with van der Waals surface area (Å²) in [6.07, 6.45) is 6.66. The summed E-state index contributed by atoms with van der Waals surface area (Å²) < 4.78 is 0. The van der Waals surface area contributed by atoms with Crippen LogP contribution in [0.25, 0.3) is 0 Å². The van der Waals surface area contributed by atoms with E-state index in [4.69, 9.17) is 23.3 Å². The molecule has 0 bridgehead atoms. The van der Waals surface area contributed by atoms with Gasteiger partial charge in [-0.15, -0.1) is 6.42 Å². The molecule has 1 atom stereocenters. The van der Waals surface area contributed by atoms with Gasteiger partial charge in [-0.05, 0) is 30.5 Å². The first kappa shape index (κ1) is 11.0. The summed E-state index contributed by atoms with van der Waals surface area (Å²) in [6.45, 7) is 0. The average Bonchev–Trinajstić information content (AvgIpc) is 3.10. The molecule has 1 fully saturated rings. The predicted molar refractivity (Wildman–Crippen MR) is 61.5 cm³/mol. The van der Waals surface area contributed by atoms with Gasteiger partial charge in [0, 0.05) is 5.02 Å². The second-order valence-corrected chi connectivity index (χ2v) is 4.49. The number of nitrogens with zero attached hydrogens (tertiary/aromatic N) is 1. The first-order valence-electron chi connectivity index (χ1n) is 4.95. The van der Waals surface area contributed by atoms with E-state index in [0.29, 0.717) is 23.4 Å². The smallest absolute Gasteiger partial charge is 0.169 e. The fourth-order valence-electron chi connectivity index (χ4n) is 1.87. The van der Waals surface area contributed by atoms with Crippen LogP contribution in [-0.2, 0) is 5.60 Å². The zero-order valence-corrected chi connectivity index (χ0v) is 9.33. The second-order valence-electron chi connectivity index (χ2n) is 4.06. The fourth-order valence-corrected chi connectivity index (χ4v) is 1.99. The van der Waals surface area contributed by atoms with Gasteiger partial charge in [0.25, 0.3) is 0 Å². The summed E-state index contributed by atoms with van der Waals surface area (Å²) in [4.78, 5) is 0. The van der Waals surface area contributed by atoms with Crippen molar-refractivity contribution in [3.63, 3.8) is 0 Å². The molecule has 1 aromatic carbocycles. The lowest BCUT2D eigenvalue weighted by atomic mass is 9.80. The van der Waals surface area contributed by atoms with Crippen LogP contribution in [0.4, 0.5) is 0 Å². The predicted octanol–water partition coefficient (Wildman–Crippen LogP) is 2.46. The molecule has 0 saturated heterocycles. The highest BCUT2D eigenvalue weighted by atomic mass is 35.5. The monoisotopic (exact) mass is 231 g/mol. The van der Waals surface area contributed by atoms with Gasteiger partial charge in [0.05, 0.1) is 6.07 Å². The number of terminal acetylenes is 1. The number of benzene rings is 1. The highest BCUT2D eigenvalue weighted by Crippen LogP contribution is 2.57. The molecule has 16 heavy (non-hydrogen) atoms. The molecule has 0 spiro atoms. The van der Waals surface area contributed by atoms with Gasteiger partial charge in [0.1, 0.15) is 5.41 Å². The minimum absolute atomic E-state index is 0.554. The van der Waals surface area contributed by atoms with E-state index in [1.807, 2.05) is 0 Å². The van der Waals surface area contributed by atoms with Gasteiger partial charge < -0.3 is 5.11 Å². The van der Waals surface area contributed by atoms with Gasteiger partial charge in [-0.1, -0.05) is 29.7 Å². The van der Waals surface area contributed by atoms with Crippen LogP contribution in [0.1, 0.15) is 18.4 Å². The summed E-state index contributed by atoms with van der Waals surface area (Å²) >= 11 is 5.77. The third-order valence-electron chi connectivity index (χ3n) is 3.13. The van der Waals surface area contributed by atoms with Crippen LogP contribution in [0.15, 0.2) is 24.3 Å². The fraction of sp³-hybridized carbons (Fsp3) is 0.308. The Morgan fingerprint density at radius 3 is 2.31 bits per heavy atom. The first-order chi connectivity index (χ1) is 7.58. The molecule has 0 unspecified atom stereocenters. The number of aliphatic hydroxyl groups is 1. The molecule has 3 heteroatoms. The molecule has 2 rings (SSSR count). The van der Waals surface area contributed by atoms with Gasteiger partial charge in [-0.2, -0.15) is 5.26 Å². The van der Waals surface area contributed by atoms with Crippen molar-refractivity contribution in [2.75, 3.05) is 0 Å². The van der Waals surface area contributed by atoms with Gasteiger partial charge in [-0.25, -0.2) is 0 Å². The van der Waals surface area contributed by atoms with Crippen molar-refractivity contribution in [3.8, 4) is 18.4 Å². The van der Waals surface area contributed by atoms with Crippen LogP contribution in [0.2, 0.25) is 5.02 Å². The van der Waals surface area contributed by atoms with E-state index in [2.05, 4.69) is 12.0 Å². The molecule has 1 aliphatic carbocycles. The molecule has 1 saturated carbocycles. The third-order valence-corrected chi connectivity index (χ3v) is 3.38. The Labute approximate surface area is 99.5 Å². The number of rotatable bonds is 2. The standard InChI is InChI=1S/C13H10ClNO/c1-2-13(16,12(9-15)7-8-12)10-3-5-11(14)6-4-10/h1,3-6,16H,7-8H2/t13-/m1/s1. The van der Waals surface area contributed by atoms with Gasteiger partial charge in [0.2, 0.25) is 0 Å². The molecular weight excluding hydrogens is 222 g/mol. The zero-order chi connectivity index (χ0) is 11.8. The highest BCUT2D eigenvalue weighted by molar-refractivity contribution is 6.30. The Morgan fingerprint density at radius 2 is 1.94 bits per heavy atom. The molecular formula is C13H10ClNO. The summed E-state index contributed by atoms with van der Waals surface area (Å²) in [6, 6.07) is 8.78. The van der Waals surface area contributed by atoms with Gasteiger partial charge in [-0.3, -0.25) is 0 Å². The zero-order valence-electron chi connectivity index (χ0n) is 8.57. The Kier molecular flexibility index (Phi) is 2.43. The average molecular weight is 232 g/mol. The second kappa shape index (κ2) is 3.52. The molecule has 80 valence electrons.